The van der Waals surface area contributed by atoms with Gasteiger partial charge in [-0.25, -0.2) is 13.2 Å². The van der Waals surface area contributed by atoms with Gasteiger partial charge in [-0.05, 0) is 31.1 Å². The van der Waals surface area contributed by atoms with E-state index in [-0.39, 0.29) is 37.5 Å². The number of hydrogen-bond donors (Lipinski definition) is 2. The van der Waals surface area contributed by atoms with Crippen LogP contribution >= 0.6 is 0 Å². The predicted octanol–water partition coefficient (Wildman–Crippen LogP) is 1.00. The lowest BCUT2D eigenvalue weighted by Gasteiger charge is -2.35. The van der Waals surface area contributed by atoms with E-state index in [0.29, 0.717) is 32.4 Å². The largest absolute Gasteiger partial charge is 0.481 e. The van der Waals surface area contributed by atoms with Crippen LogP contribution in [0.5, 0.6) is 0 Å². The normalized spacial score (nSPS) is 26.1. The maximum Gasteiger partial charge on any atom is 0.350 e. The number of nitrogens with zero attached hydrogens (tertiary/aromatic N) is 2. The highest BCUT2D eigenvalue weighted by Gasteiger charge is 2.35. The maximum absolute atomic E-state index is 12.5. The van der Waals surface area contributed by atoms with Crippen molar-refractivity contribution < 1.29 is 31.9 Å². The van der Waals surface area contributed by atoms with E-state index >= 15 is 0 Å². The third-order valence-corrected chi connectivity index (χ3v) is 6.53. The number of carboxylic acids is 1. The molecule has 0 bridgehead atoms. The van der Waals surface area contributed by atoms with Crippen LogP contribution in [0, 0.1) is 17.8 Å². The van der Waals surface area contributed by atoms with Gasteiger partial charge in [-0.2, -0.15) is 13.1 Å². The van der Waals surface area contributed by atoms with E-state index in [2.05, 4.69) is 5.32 Å². The number of likely N-dealkylation sites (tertiary alicyclic amines) is 1. The smallest absolute Gasteiger partial charge is 0.350 e. The molecule has 2 heterocycles. The summed E-state index contributed by atoms with van der Waals surface area (Å²) in [5.74, 6) is -4.81. The minimum atomic E-state index is -4.54. The number of sulfonamides is 1. The summed E-state index contributed by atoms with van der Waals surface area (Å²) in [7, 11) is -4.54. The minimum Gasteiger partial charge on any atom is -0.481 e. The molecule has 2 aliphatic rings. The van der Waals surface area contributed by atoms with Crippen molar-refractivity contribution in [3.63, 3.8) is 0 Å². The van der Waals surface area contributed by atoms with Crippen LogP contribution in [0.1, 0.15) is 26.2 Å². The number of rotatable bonds is 5. The Kier molecular flexibility index (Phi) is 6.78. The highest BCUT2D eigenvalue weighted by Crippen LogP contribution is 2.23. The molecule has 2 saturated heterocycles. The van der Waals surface area contributed by atoms with Gasteiger partial charge in [0, 0.05) is 32.7 Å². The van der Waals surface area contributed by atoms with Crippen LogP contribution in [0.25, 0.3) is 0 Å². The van der Waals surface area contributed by atoms with Gasteiger partial charge in [0.15, 0.2) is 0 Å². The van der Waals surface area contributed by atoms with Crippen molar-refractivity contribution in [1.82, 2.24) is 14.5 Å². The fourth-order valence-corrected chi connectivity index (χ4v) is 4.47. The summed E-state index contributed by atoms with van der Waals surface area (Å²) in [6, 6.07) is -0.342. The third kappa shape index (κ3) is 5.03. The van der Waals surface area contributed by atoms with Crippen molar-refractivity contribution >= 4 is 22.0 Å². The first kappa shape index (κ1) is 20.8. The van der Waals surface area contributed by atoms with Crippen LogP contribution < -0.4 is 5.32 Å². The van der Waals surface area contributed by atoms with Gasteiger partial charge in [0.1, 0.15) is 0 Å². The zero-order chi connectivity index (χ0) is 19.5. The van der Waals surface area contributed by atoms with Gasteiger partial charge in [-0.3, -0.25) is 4.79 Å². The topological polar surface area (TPSA) is 107 Å². The van der Waals surface area contributed by atoms with Crippen LogP contribution in [0.2, 0.25) is 0 Å². The average Bonchev–Trinajstić information content (AvgIpc) is 2.59. The molecule has 0 aliphatic carbocycles. The van der Waals surface area contributed by atoms with Crippen LogP contribution in [0.3, 0.4) is 0 Å². The molecule has 2 N–H and O–H groups in total. The van der Waals surface area contributed by atoms with Crippen molar-refractivity contribution in [3.05, 3.63) is 0 Å². The van der Waals surface area contributed by atoms with Crippen molar-refractivity contribution in [2.75, 3.05) is 32.7 Å². The van der Waals surface area contributed by atoms with Crippen molar-refractivity contribution in [3.8, 4) is 0 Å². The number of amides is 2. The average molecular weight is 397 g/mol. The second-order valence-electron chi connectivity index (χ2n) is 7.12. The first-order valence-corrected chi connectivity index (χ1v) is 10.1. The van der Waals surface area contributed by atoms with Gasteiger partial charge < -0.3 is 15.3 Å². The Morgan fingerprint density at radius 1 is 1.23 bits per heavy atom. The van der Waals surface area contributed by atoms with Crippen LogP contribution in [-0.4, -0.2) is 73.2 Å². The van der Waals surface area contributed by atoms with E-state index in [1.165, 1.54) is 4.90 Å². The quantitative estimate of drug-likeness (QED) is 0.720. The number of alkyl halides is 2. The molecule has 11 heteroatoms. The number of carbonyl (C=O) groups excluding carboxylic acids is 1. The Morgan fingerprint density at radius 3 is 2.38 bits per heavy atom. The Hall–Kier alpha value is -1.49. The monoisotopic (exact) mass is 397 g/mol. The molecule has 2 amide bonds. The minimum absolute atomic E-state index is 0.000516. The maximum atomic E-state index is 12.5. The molecule has 0 aromatic heterocycles. The highest BCUT2D eigenvalue weighted by atomic mass is 32.2. The lowest BCUT2D eigenvalue weighted by atomic mass is 9.91. The number of carbonyl (C=O) groups is 2. The molecule has 0 saturated carbocycles. The molecular formula is C15H25F2N3O5S. The second-order valence-corrected chi connectivity index (χ2v) is 9.02. The molecule has 0 aromatic carbocycles. The highest BCUT2D eigenvalue weighted by molar-refractivity contribution is 7.89. The molecular weight excluding hydrogens is 372 g/mol. The summed E-state index contributed by atoms with van der Waals surface area (Å²) in [5, 5.41) is 11.9. The van der Waals surface area contributed by atoms with Gasteiger partial charge in [-0.1, -0.05) is 6.92 Å². The Labute approximate surface area is 151 Å². The Balaban J connectivity index is 1.79. The number of carboxylic acid groups (broad SMARTS) is 1. The summed E-state index contributed by atoms with van der Waals surface area (Å²) in [6.07, 6.45) is 1.32. The zero-order valence-corrected chi connectivity index (χ0v) is 15.4. The van der Waals surface area contributed by atoms with Crippen LogP contribution in [0.15, 0.2) is 0 Å². The molecule has 0 aromatic rings. The van der Waals surface area contributed by atoms with Crippen molar-refractivity contribution in [1.29, 1.82) is 0 Å². The molecule has 0 radical (unpaired) electrons. The molecule has 2 rings (SSSR count). The second kappa shape index (κ2) is 8.47. The molecule has 2 aliphatic heterocycles. The van der Waals surface area contributed by atoms with E-state index in [0.717, 1.165) is 4.31 Å². The summed E-state index contributed by atoms with van der Waals surface area (Å²) < 4.78 is 48.7. The number of piperidine rings is 2. The summed E-state index contributed by atoms with van der Waals surface area (Å²) in [4.78, 5) is 24.9. The van der Waals surface area contributed by atoms with E-state index in [1.807, 2.05) is 6.92 Å². The number of nitrogens with one attached hydrogen (secondary N) is 1. The van der Waals surface area contributed by atoms with Gasteiger partial charge >= 0.3 is 17.8 Å². The van der Waals surface area contributed by atoms with Gasteiger partial charge in [0.25, 0.3) is 10.0 Å². The summed E-state index contributed by atoms with van der Waals surface area (Å²) in [5.41, 5.74) is 0. The molecule has 0 spiro atoms. The molecule has 2 unspecified atom stereocenters. The standard InChI is InChI=1S/C15H25F2N3O5S/c1-10-6-12(13(21)22)9-19(8-10)15(23)18-7-11-2-4-20(5-3-11)26(24,25)14(16)17/h10-12,14H,2-9H2,1H3,(H,18,23)(H,21,22). The summed E-state index contributed by atoms with van der Waals surface area (Å²) in [6.45, 7) is 2.87. The first-order chi connectivity index (χ1) is 12.1. The van der Waals surface area contributed by atoms with Crippen molar-refractivity contribution in [2.45, 2.75) is 31.9 Å². The number of aliphatic carboxylic acids is 1. The fraction of sp³-hybridized carbons (Fsp3) is 0.867. The van der Waals surface area contributed by atoms with Crippen LogP contribution in [-0.2, 0) is 14.8 Å². The number of urea groups is 1. The molecule has 26 heavy (non-hydrogen) atoms. The molecule has 150 valence electrons. The van der Waals surface area contributed by atoms with E-state index in [1.54, 1.807) is 0 Å². The summed E-state index contributed by atoms with van der Waals surface area (Å²) >= 11 is 0. The third-order valence-electron chi connectivity index (χ3n) is 5.00. The Bertz CT molecular complexity index is 623. The van der Waals surface area contributed by atoms with Gasteiger partial charge in [-0.15, -0.1) is 0 Å². The zero-order valence-electron chi connectivity index (χ0n) is 14.6. The van der Waals surface area contributed by atoms with Gasteiger partial charge in [0.05, 0.1) is 5.92 Å². The van der Waals surface area contributed by atoms with Crippen molar-refractivity contribution in [2.24, 2.45) is 17.8 Å². The SMILES string of the molecule is CC1CC(C(=O)O)CN(C(=O)NCC2CCN(S(=O)(=O)C(F)F)CC2)C1. The van der Waals surface area contributed by atoms with E-state index < -0.39 is 27.7 Å². The van der Waals surface area contributed by atoms with E-state index in [9.17, 15) is 26.8 Å². The Morgan fingerprint density at radius 2 is 1.85 bits per heavy atom. The fourth-order valence-electron chi connectivity index (χ4n) is 3.52. The number of hydrogen-bond acceptors (Lipinski definition) is 4. The number of halogens is 2. The predicted molar refractivity (Wildman–Crippen MR) is 89.1 cm³/mol. The lowest BCUT2D eigenvalue weighted by molar-refractivity contribution is -0.143. The lowest BCUT2D eigenvalue weighted by Crippen LogP contribution is -2.51. The van der Waals surface area contributed by atoms with Gasteiger partial charge in [0.2, 0.25) is 0 Å². The first-order valence-electron chi connectivity index (χ1n) is 8.64. The molecule has 2 fully saturated rings. The molecule has 8 nitrogen and oxygen atoms in total. The molecule has 2 atom stereocenters. The van der Waals surface area contributed by atoms with Crippen LogP contribution in [0.4, 0.5) is 13.6 Å². The van der Waals surface area contributed by atoms with E-state index in [4.69, 9.17) is 5.11 Å².